The smallest absolute Gasteiger partial charge is 0.104 e. The van der Waals surface area contributed by atoms with Crippen LogP contribution in [0.5, 0.6) is 0 Å². The van der Waals surface area contributed by atoms with Crippen LogP contribution in [0.3, 0.4) is 0 Å². The fourth-order valence-corrected chi connectivity index (χ4v) is 2.76. The average molecular weight is 236 g/mol. The Hall–Kier alpha value is -0.550. The van der Waals surface area contributed by atoms with E-state index in [2.05, 4.69) is 25.2 Å². The second kappa shape index (κ2) is 7.71. The van der Waals surface area contributed by atoms with E-state index in [1.54, 1.807) is 0 Å². The topological polar surface area (TPSA) is 35.8 Å². The van der Waals surface area contributed by atoms with Crippen molar-refractivity contribution in [2.75, 3.05) is 0 Å². The molecule has 0 heterocycles. The number of nitrogens with one attached hydrogen (secondary N) is 1. The van der Waals surface area contributed by atoms with Crippen LogP contribution >= 0.6 is 0 Å². The molecule has 1 unspecified atom stereocenters. The lowest BCUT2D eigenvalue weighted by Gasteiger charge is -2.31. The third kappa shape index (κ3) is 5.55. The highest BCUT2D eigenvalue weighted by molar-refractivity contribution is 5.05. The molecule has 1 aliphatic carbocycles. The van der Waals surface area contributed by atoms with Gasteiger partial charge in [-0.1, -0.05) is 51.9 Å². The van der Waals surface area contributed by atoms with Gasteiger partial charge in [0, 0.05) is 6.04 Å². The van der Waals surface area contributed by atoms with Crippen molar-refractivity contribution in [2.45, 2.75) is 89.6 Å². The monoisotopic (exact) mass is 236 g/mol. The molecule has 1 rings (SSSR count). The van der Waals surface area contributed by atoms with E-state index < -0.39 is 0 Å². The summed E-state index contributed by atoms with van der Waals surface area (Å²) in [4.78, 5) is 0. The van der Waals surface area contributed by atoms with Crippen LogP contribution in [0, 0.1) is 11.3 Å². The van der Waals surface area contributed by atoms with Crippen molar-refractivity contribution < 1.29 is 0 Å². The van der Waals surface area contributed by atoms with Crippen molar-refractivity contribution in [3.63, 3.8) is 0 Å². The van der Waals surface area contributed by atoms with Gasteiger partial charge in [-0.15, -0.1) is 0 Å². The van der Waals surface area contributed by atoms with E-state index in [4.69, 9.17) is 0 Å². The molecule has 0 spiro atoms. The van der Waals surface area contributed by atoms with Crippen molar-refractivity contribution in [1.82, 2.24) is 5.32 Å². The minimum Gasteiger partial charge on any atom is -0.297 e. The SMILES string of the molecule is CCCCCCC(C)(C#N)NC1CCCCC1. The van der Waals surface area contributed by atoms with Crippen molar-refractivity contribution in [2.24, 2.45) is 0 Å². The molecule has 0 amide bonds. The quantitative estimate of drug-likeness (QED) is 0.674. The van der Waals surface area contributed by atoms with E-state index in [9.17, 15) is 5.26 Å². The largest absolute Gasteiger partial charge is 0.297 e. The molecule has 0 aromatic rings. The average Bonchev–Trinajstić information content (AvgIpc) is 2.36. The number of hydrogen-bond acceptors (Lipinski definition) is 2. The van der Waals surface area contributed by atoms with Crippen LogP contribution in [0.2, 0.25) is 0 Å². The molecule has 1 saturated carbocycles. The second-order valence-electron chi connectivity index (χ2n) is 5.73. The molecular weight excluding hydrogens is 208 g/mol. The van der Waals surface area contributed by atoms with Crippen molar-refractivity contribution in [3.8, 4) is 6.07 Å². The lowest BCUT2D eigenvalue weighted by Crippen LogP contribution is -2.47. The maximum Gasteiger partial charge on any atom is 0.104 e. The van der Waals surface area contributed by atoms with E-state index in [1.807, 2.05) is 0 Å². The van der Waals surface area contributed by atoms with Gasteiger partial charge >= 0.3 is 0 Å². The first kappa shape index (κ1) is 14.5. The molecule has 0 bridgehead atoms. The van der Waals surface area contributed by atoms with E-state index in [1.165, 1.54) is 57.8 Å². The Balaban J connectivity index is 2.30. The fourth-order valence-electron chi connectivity index (χ4n) is 2.76. The summed E-state index contributed by atoms with van der Waals surface area (Å²) >= 11 is 0. The first-order valence-electron chi connectivity index (χ1n) is 7.39. The molecule has 0 radical (unpaired) electrons. The maximum atomic E-state index is 9.36. The lowest BCUT2D eigenvalue weighted by atomic mass is 9.90. The van der Waals surface area contributed by atoms with E-state index in [0.29, 0.717) is 6.04 Å². The van der Waals surface area contributed by atoms with Crippen LogP contribution < -0.4 is 5.32 Å². The van der Waals surface area contributed by atoms with Crippen LogP contribution in [0.4, 0.5) is 0 Å². The van der Waals surface area contributed by atoms with Gasteiger partial charge in [-0.2, -0.15) is 5.26 Å². The predicted molar refractivity (Wildman–Crippen MR) is 72.8 cm³/mol. The zero-order valence-electron chi connectivity index (χ0n) is 11.6. The highest BCUT2D eigenvalue weighted by Crippen LogP contribution is 2.22. The van der Waals surface area contributed by atoms with Gasteiger partial charge in [0.2, 0.25) is 0 Å². The van der Waals surface area contributed by atoms with E-state index >= 15 is 0 Å². The molecule has 1 fully saturated rings. The number of rotatable bonds is 7. The molecule has 2 nitrogen and oxygen atoms in total. The Bertz CT molecular complexity index is 238. The molecule has 0 saturated heterocycles. The number of unbranched alkanes of at least 4 members (excludes halogenated alkanes) is 3. The molecule has 0 aromatic heterocycles. The molecule has 1 atom stereocenters. The molecule has 17 heavy (non-hydrogen) atoms. The Labute approximate surface area is 107 Å². The van der Waals surface area contributed by atoms with Gasteiger partial charge in [0.15, 0.2) is 0 Å². The Morgan fingerprint density at radius 2 is 1.88 bits per heavy atom. The molecule has 1 aliphatic rings. The molecular formula is C15H28N2. The number of nitrogens with zero attached hydrogens (tertiary/aromatic N) is 1. The Morgan fingerprint density at radius 3 is 2.47 bits per heavy atom. The molecule has 98 valence electrons. The summed E-state index contributed by atoms with van der Waals surface area (Å²) in [6, 6.07) is 3.07. The lowest BCUT2D eigenvalue weighted by molar-refractivity contribution is 0.291. The van der Waals surface area contributed by atoms with Gasteiger partial charge in [0.05, 0.1) is 6.07 Å². The van der Waals surface area contributed by atoms with Crippen LogP contribution in [0.15, 0.2) is 0 Å². The fraction of sp³-hybridized carbons (Fsp3) is 0.933. The first-order valence-corrected chi connectivity index (χ1v) is 7.39. The third-order valence-electron chi connectivity index (χ3n) is 3.90. The maximum absolute atomic E-state index is 9.36. The Morgan fingerprint density at radius 1 is 1.18 bits per heavy atom. The predicted octanol–water partition coefficient (Wildman–Crippen LogP) is 4.16. The first-order chi connectivity index (χ1) is 8.20. The summed E-state index contributed by atoms with van der Waals surface area (Å²) in [7, 11) is 0. The van der Waals surface area contributed by atoms with Gasteiger partial charge in [0.1, 0.15) is 5.54 Å². The highest BCUT2D eigenvalue weighted by Gasteiger charge is 2.27. The molecule has 2 heteroatoms. The van der Waals surface area contributed by atoms with Crippen molar-refractivity contribution in [1.29, 1.82) is 5.26 Å². The summed E-state index contributed by atoms with van der Waals surface area (Å²) in [5.41, 5.74) is -0.296. The second-order valence-corrected chi connectivity index (χ2v) is 5.73. The van der Waals surface area contributed by atoms with Crippen LogP contribution in [0.25, 0.3) is 0 Å². The summed E-state index contributed by atoms with van der Waals surface area (Å²) in [6.45, 7) is 4.30. The standard InChI is InChI=1S/C15H28N2/c1-3-4-5-9-12-15(2,13-16)17-14-10-7-6-8-11-14/h14,17H,3-12H2,1-2H3. The van der Waals surface area contributed by atoms with Gasteiger partial charge in [-0.25, -0.2) is 0 Å². The van der Waals surface area contributed by atoms with Gasteiger partial charge in [-0.05, 0) is 26.2 Å². The number of hydrogen-bond donors (Lipinski definition) is 1. The minimum atomic E-state index is -0.296. The third-order valence-corrected chi connectivity index (χ3v) is 3.90. The van der Waals surface area contributed by atoms with Gasteiger partial charge in [0.25, 0.3) is 0 Å². The van der Waals surface area contributed by atoms with Crippen LogP contribution in [0.1, 0.15) is 78.1 Å². The van der Waals surface area contributed by atoms with Gasteiger partial charge in [-0.3, -0.25) is 5.32 Å². The highest BCUT2D eigenvalue weighted by atomic mass is 15.0. The Kier molecular flexibility index (Phi) is 6.58. The number of nitriles is 1. The molecule has 0 aliphatic heterocycles. The van der Waals surface area contributed by atoms with Crippen molar-refractivity contribution in [3.05, 3.63) is 0 Å². The molecule has 0 aromatic carbocycles. The van der Waals surface area contributed by atoms with Crippen molar-refractivity contribution >= 4 is 0 Å². The summed E-state index contributed by atoms with van der Waals surface area (Å²) < 4.78 is 0. The summed E-state index contributed by atoms with van der Waals surface area (Å²) in [5, 5.41) is 13.0. The van der Waals surface area contributed by atoms with Crippen LogP contribution in [-0.2, 0) is 0 Å². The normalized spacial score (nSPS) is 20.8. The van der Waals surface area contributed by atoms with E-state index in [0.717, 1.165) is 6.42 Å². The summed E-state index contributed by atoms with van der Waals surface area (Å²) in [5.74, 6) is 0. The summed E-state index contributed by atoms with van der Waals surface area (Å²) in [6.07, 6.45) is 12.5. The zero-order valence-corrected chi connectivity index (χ0v) is 11.6. The molecule has 1 N–H and O–H groups in total. The van der Waals surface area contributed by atoms with E-state index in [-0.39, 0.29) is 5.54 Å². The minimum absolute atomic E-state index is 0.296. The zero-order chi connectivity index (χ0) is 12.6. The van der Waals surface area contributed by atoms with Crippen LogP contribution in [-0.4, -0.2) is 11.6 Å². The van der Waals surface area contributed by atoms with Gasteiger partial charge < -0.3 is 0 Å².